The molecule has 9 nitrogen and oxygen atoms in total. The molecular weight excluding hydrogens is 491 g/mol. The van der Waals surface area contributed by atoms with Gasteiger partial charge in [0.1, 0.15) is 5.56 Å². The van der Waals surface area contributed by atoms with Crippen LogP contribution in [0.1, 0.15) is 32.9 Å². The molecule has 37 heavy (non-hydrogen) atoms. The summed E-state index contributed by atoms with van der Waals surface area (Å²) in [6, 6.07) is 11.9. The van der Waals surface area contributed by atoms with Gasteiger partial charge in [0.05, 0.1) is 45.5 Å². The van der Waals surface area contributed by atoms with E-state index in [1.807, 2.05) is 6.07 Å². The van der Waals surface area contributed by atoms with Crippen LogP contribution in [0.2, 0.25) is 0 Å². The third-order valence-electron chi connectivity index (χ3n) is 5.88. The number of nitriles is 1. The number of benzene rings is 2. The minimum absolute atomic E-state index is 0.0603. The summed E-state index contributed by atoms with van der Waals surface area (Å²) in [6.45, 7) is 2.77. The van der Waals surface area contributed by atoms with Crippen molar-refractivity contribution >= 4 is 5.97 Å². The van der Waals surface area contributed by atoms with Crippen molar-refractivity contribution in [3.05, 3.63) is 97.4 Å². The van der Waals surface area contributed by atoms with E-state index in [-0.39, 0.29) is 33.9 Å². The number of carbonyl (C=O) groups is 1. The predicted molar refractivity (Wildman–Crippen MR) is 126 cm³/mol. The molecule has 0 aliphatic heterocycles. The zero-order chi connectivity index (χ0) is 27.2. The molecule has 4 rings (SSSR count). The number of carboxylic acid groups (broad SMARTS) is 1. The number of hydrogen-bond donors (Lipinski definition) is 1. The lowest BCUT2D eigenvalue weighted by Crippen LogP contribution is -2.40. The minimum atomic E-state index is -4.68. The fraction of sp³-hybridized carbons (Fsp3) is 0.160. The lowest BCUT2D eigenvalue weighted by molar-refractivity contribution is -0.137. The molecule has 2 heterocycles. The van der Waals surface area contributed by atoms with Gasteiger partial charge in [-0.3, -0.25) is 13.9 Å². The summed E-state index contributed by atoms with van der Waals surface area (Å²) in [5.41, 5.74) is -3.01. The number of rotatable bonds is 4. The van der Waals surface area contributed by atoms with Gasteiger partial charge in [0.15, 0.2) is 0 Å². The van der Waals surface area contributed by atoms with Crippen molar-refractivity contribution < 1.29 is 23.1 Å². The van der Waals surface area contributed by atoms with Crippen molar-refractivity contribution in [1.82, 2.24) is 18.9 Å². The molecule has 4 aromatic rings. The third-order valence-corrected chi connectivity index (χ3v) is 5.88. The van der Waals surface area contributed by atoms with E-state index in [1.165, 1.54) is 48.9 Å². The Kier molecular flexibility index (Phi) is 6.09. The second kappa shape index (κ2) is 8.94. The molecule has 0 saturated heterocycles. The molecule has 0 bridgehead atoms. The summed E-state index contributed by atoms with van der Waals surface area (Å²) in [6.07, 6.45) is -4.68. The molecule has 2 aromatic carbocycles. The molecule has 0 saturated carbocycles. The quantitative estimate of drug-likeness (QED) is 0.449. The molecule has 0 aliphatic carbocycles. The lowest BCUT2D eigenvalue weighted by atomic mass is 10.0. The molecule has 0 unspecified atom stereocenters. The van der Waals surface area contributed by atoms with Crippen molar-refractivity contribution in [3.63, 3.8) is 0 Å². The summed E-state index contributed by atoms with van der Waals surface area (Å²) in [7, 11) is 1.15. The maximum absolute atomic E-state index is 13.4. The van der Waals surface area contributed by atoms with E-state index < -0.39 is 29.0 Å². The summed E-state index contributed by atoms with van der Waals surface area (Å²) in [5, 5.41) is 23.3. The maximum atomic E-state index is 13.4. The molecule has 0 fully saturated rings. The summed E-state index contributed by atoms with van der Waals surface area (Å²) >= 11 is 0. The molecule has 0 amide bonds. The van der Waals surface area contributed by atoms with Crippen molar-refractivity contribution in [2.24, 2.45) is 7.05 Å². The van der Waals surface area contributed by atoms with E-state index in [2.05, 4.69) is 5.10 Å². The van der Waals surface area contributed by atoms with Crippen molar-refractivity contribution in [1.29, 1.82) is 5.26 Å². The van der Waals surface area contributed by atoms with E-state index in [9.17, 15) is 32.7 Å². The number of alkyl halides is 3. The molecule has 12 heteroatoms. The highest BCUT2D eigenvalue weighted by Crippen LogP contribution is 2.32. The number of aryl methyl sites for hydroxylation is 1. The number of aromatic nitrogens is 4. The van der Waals surface area contributed by atoms with Crippen LogP contribution in [0.25, 0.3) is 22.6 Å². The minimum Gasteiger partial charge on any atom is -0.478 e. The Balaban J connectivity index is 2.12. The first-order valence-corrected chi connectivity index (χ1v) is 10.7. The molecular formula is C25H18F3N5O4. The van der Waals surface area contributed by atoms with Gasteiger partial charge in [0.25, 0.3) is 5.56 Å². The molecule has 0 aliphatic rings. The van der Waals surface area contributed by atoms with Crippen LogP contribution in [-0.4, -0.2) is 30.0 Å². The number of aromatic carboxylic acids is 1. The first kappa shape index (κ1) is 25.2. The highest BCUT2D eigenvalue weighted by atomic mass is 19.4. The van der Waals surface area contributed by atoms with Crippen molar-refractivity contribution in [3.8, 4) is 28.7 Å². The van der Waals surface area contributed by atoms with Crippen molar-refractivity contribution in [2.75, 3.05) is 0 Å². The Morgan fingerprint density at radius 2 is 1.70 bits per heavy atom. The smallest absolute Gasteiger partial charge is 0.416 e. The van der Waals surface area contributed by atoms with E-state index in [0.717, 1.165) is 29.8 Å². The normalized spacial score (nSPS) is 11.4. The number of hydrogen-bond acceptors (Lipinski definition) is 5. The standard InChI is InChI=1S/C25H18F3N5O4/c1-13-19(23(35)36)21(33(30-13)17-9-7-15(12-29)8-10-17)20-14(2)32(24(37)31(3)22(20)34)18-6-4-5-16(11-18)25(26,27)28/h4-11H,1-3H3,(H,35,36). The number of halogens is 3. The third kappa shape index (κ3) is 4.20. The van der Waals surface area contributed by atoms with E-state index in [0.29, 0.717) is 15.8 Å². The van der Waals surface area contributed by atoms with Crippen LogP contribution >= 0.6 is 0 Å². The Morgan fingerprint density at radius 3 is 2.27 bits per heavy atom. The second-order valence-electron chi connectivity index (χ2n) is 8.18. The van der Waals surface area contributed by atoms with Gasteiger partial charge in [-0.05, 0) is 56.3 Å². The van der Waals surface area contributed by atoms with Crippen LogP contribution in [0, 0.1) is 25.2 Å². The molecule has 0 atom stereocenters. The topological polar surface area (TPSA) is 123 Å². The second-order valence-corrected chi connectivity index (χ2v) is 8.18. The fourth-order valence-electron chi connectivity index (χ4n) is 4.09. The largest absolute Gasteiger partial charge is 0.478 e. The van der Waals surface area contributed by atoms with Gasteiger partial charge in [-0.2, -0.15) is 23.5 Å². The van der Waals surface area contributed by atoms with Crippen LogP contribution in [-0.2, 0) is 13.2 Å². The Morgan fingerprint density at radius 1 is 1.05 bits per heavy atom. The van der Waals surface area contributed by atoms with Crippen LogP contribution < -0.4 is 11.2 Å². The highest BCUT2D eigenvalue weighted by molar-refractivity contribution is 5.97. The monoisotopic (exact) mass is 509 g/mol. The molecule has 2 aromatic heterocycles. The van der Waals surface area contributed by atoms with Crippen molar-refractivity contribution in [2.45, 2.75) is 20.0 Å². The first-order chi connectivity index (χ1) is 17.4. The molecule has 1 N–H and O–H groups in total. The molecule has 0 radical (unpaired) electrons. The van der Waals surface area contributed by atoms with Gasteiger partial charge in [0.2, 0.25) is 0 Å². The molecule has 0 spiro atoms. The van der Waals surface area contributed by atoms with Crippen LogP contribution in [0.3, 0.4) is 0 Å². The zero-order valence-corrected chi connectivity index (χ0v) is 19.7. The Labute approximate surface area is 206 Å². The van der Waals surface area contributed by atoms with Gasteiger partial charge in [-0.15, -0.1) is 0 Å². The summed E-state index contributed by atoms with van der Waals surface area (Å²) in [4.78, 5) is 38.7. The van der Waals surface area contributed by atoms with Gasteiger partial charge in [-0.25, -0.2) is 14.3 Å². The SMILES string of the molecule is Cc1nn(-c2ccc(C#N)cc2)c(-c2c(C)n(-c3cccc(C(F)(F)F)c3)c(=O)n(C)c2=O)c1C(=O)O. The zero-order valence-electron chi connectivity index (χ0n) is 19.7. The summed E-state index contributed by atoms with van der Waals surface area (Å²) < 4.78 is 42.9. The fourth-order valence-corrected chi connectivity index (χ4v) is 4.09. The maximum Gasteiger partial charge on any atom is 0.416 e. The van der Waals surface area contributed by atoms with Gasteiger partial charge < -0.3 is 5.11 Å². The van der Waals surface area contributed by atoms with E-state index >= 15 is 0 Å². The van der Waals surface area contributed by atoms with Gasteiger partial charge in [0, 0.05) is 12.7 Å². The number of nitrogens with zero attached hydrogens (tertiary/aromatic N) is 5. The Bertz CT molecular complexity index is 1720. The number of carboxylic acids is 1. The highest BCUT2D eigenvalue weighted by Gasteiger charge is 2.32. The molecule has 188 valence electrons. The van der Waals surface area contributed by atoms with Crippen LogP contribution in [0.4, 0.5) is 13.2 Å². The van der Waals surface area contributed by atoms with E-state index in [4.69, 9.17) is 5.26 Å². The summed E-state index contributed by atoms with van der Waals surface area (Å²) in [5.74, 6) is -1.40. The van der Waals surface area contributed by atoms with Gasteiger partial charge >= 0.3 is 17.8 Å². The van der Waals surface area contributed by atoms with E-state index in [1.54, 1.807) is 0 Å². The van der Waals surface area contributed by atoms with Crippen LogP contribution in [0.15, 0.2) is 58.1 Å². The average Bonchev–Trinajstić information content (AvgIpc) is 3.19. The lowest BCUT2D eigenvalue weighted by Gasteiger charge is -2.18. The van der Waals surface area contributed by atoms with Gasteiger partial charge in [-0.1, -0.05) is 6.07 Å². The van der Waals surface area contributed by atoms with Crippen LogP contribution in [0.5, 0.6) is 0 Å². The predicted octanol–water partition coefficient (Wildman–Crippen LogP) is 3.59. The average molecular weight is 509 g/mol. The Hall–Kier alpha value is -4.92. The first-order valence-electron chi connectivity index (χ1n) is 10.7.